The Morgan fingerprint density at radius 1 is 1.32 bits per heavy atom. The Morgan fingerprint density at radius 2 is 2.05 bits per heavy atom. The molecule has 2 rings (SSSR count). The lowest BCUT2D eigenvalue weighted by molar-refractivity contribution is 0.244. The number of ether oxygens (including phenoxy) is 1. The van der Waals surface area contributed by atoms with Crippen LogP contribution in [0.2, 0.25) is 0 Å². The highest BCUT2D eigenvalue weighted by Crippen LogP contribution is 2.21. The SMILES string of the molecule is COc1ccc(NC(=O)NC2CCCCC2)cc1F. The van der Waals surface area contributed by atoms with Gasteiger partial charge in [0, 0.05) is 17.8 Å². The molecule has 1 saturated carbocycles. The molecular weight excluding hydrogens is 247 g/mol. The smallest absolute Gasteiger partial charge is 0.319 e. The number of benzene rings is 1. The van der Waals surface area contributed by atoms with Crippen molar-refractivity contribution in [3.8, 4) is 5.75 Å². The van der Waals surface area contributed by atoms with Gasteiger partial charge in [-0.05, 0) is 25.0 Å². The first kappa shape index (κ1) is 13.6. The monoisotopic (exact) mass is 266 g/mol. The van der Waals surface area contributed by atoms with Gasteiger partial charge < -0.3 is 15.4 Å². The summed E-state index contributed by atoms with van der Waals surface area (Å²) in [5.74, 6) is -0.323. The van der Waals surface area contributed by atoms with E-state index in [-0.39, 0.29) is 17.8 Å². The first-order valence-corrected chi connectivity index (χ1v) is 6.60. The first-order chi connectivity index (χ1) is 9.19. The third kappa shape index (κ3) is 3.84. The molecule has 0 atom stereocenters. The first-order valence-electron chi connectivity index (χ1n) is 6.60. The molecule has 104 valence electrons. The van der Waals surface area contributed by atoms with Gasteiger partial charge in [-0.1, -0.05) is 19.3 Å². The van der Waals surface area contributed by atoms with Crippen LogP contribution in [0.3, 0.4) is 0 Å². The minimum Gasteiger partial charge on any atom is -0.494 e. The Kier molecular flexibility index (Phi) is 4.60. The van der Waals surface area contributed by atoms with Crippen LogP contribution < -0.4 is 15.4 Å². The lowest BCUT2D eigenvalue weighted by atomic mass is 9.96. The van der Waals surface area contributed by atoms with Crippen molar-refractivity contribution in [1.82, 2.24) is 5.32 Å². The fourth-order valence-corrected chi connectivity index (χ4v) is 2.34. The zero-order valence-electron chi connectivity index (χ0n) is 11.0. The molecule has 1 aliphatic carbocycles. The summed E-state index contributed by atoms with van der Waals surface area (Å²) >= 11 is 0. The van der Waals surface area contributed by atoms with Gasteiger partial charge in [0.2, 0.25) is 0 Å². The lowest BCUT2D eigenvalue weighted by Gasteiger charge is -2.22. The number of hydrogen-bond donors (Lipinski definition) is 2. The molecule has 1 aliphatic rings. The molecular formula is C14H19FN2O2. The summed E-state index contributed by atoms with van der Waals surface area (Å²) in [5.41, 5.74) is 0.423. The van der Waals surface area contributed by atoms with Crippen molar-refractivity contribution in [2.24, 2.45) is 0 Å². The molecule has 0 aromatic heterocycles. The van der Waals surface area contributed by atoms with E-state index in [0.717, 1.165) is 25.7 Å². The Morgan fingerprint density at radius 3 is 2.68 bits per heavy atom. The van der Waals surface area contributed by atoms with Crippen molar-refractivity contribution in [1.29, 1.82) is 0 Å². The van der Waals surface area contributed by atoms with Crippen LogP contribution in [-0.2, 0) is 0 Å². The highest BCUT2D eigenvalue weighted by molar-refractivity contribution is 5.89. The molecule has 0 spiro atoms. The van der Waals surface area contributed by atoms with Crippen LogP contribution in [0.5, 0.6) is 5.75 Å². The van der Waals surface area contributed by atoms with Crippen LogP contribution >= 0.6 is 0 Å². The zero-order chi connectivity index (χ0) is 13.7. The van der Waals surface area contributed by atoms with E-state index in [1.165, 1.54) is 25.7 Å². The van der Waals surface area contributed by atoms with Crippen LogP contribution in [0.1, 0.15) is 32.1 Å². The van der Waals surface area contributed by atoms with Crippen molar-refractivity contribution in [3.63, 3.8) is 0 Å². The highest BCUT2D eigenvalue weighted by Gasteiger charge is 2.15. The van der Waals surface area contributed by atoms with Crippen molar-refractivity contribution >= 4 is 11.7 Å². The number of nitrogens with one attached hydrogen (secondary N) is 2. The fourth-order valence-electron chi connectivity index (χ4n) is 2.34. The molecule has 1 aromatic carbocycles. The minimum atomic E-state index is -0.488. The zero-order valence-corrected chi connectivity index (χ0v) is 11.0. The Hall–Kier alpha value is -1.78. The Balaban J connectivity index is 1.89. The summed E-state index contributed by atoms with van der Waals surface area (Å²) in [5, 5.41) is 5.55. The second-order valence-electron chi connectivity index (χ2n) is 4.78. The van der Waals surface area contributed by atoms with Gasteiger partial charge in [0.05, 0.1) is 7.11 Å². The van der Waals surface area contributed by atoms with Crippen LogP contribution in [0.15, 0.2) is 18.2 Å². The number of hydrogen-bond acceptors (Lipinski definition) is 2. The summed E-state index contributed by atoms with van der Waals surface area (Å²) < 4.78 is 18.3. The topological polar surface area (TPSA) is 50.4 Å². The summed E-state index contributed by atoms with van der Waals surface area (Å²) in [7, 11) is 1.40. The lowest BCUT2D eigenvalue weighted by Crippen LogP contribution is -2.39. The molecule has 2 N–H and O–H groups in total. The average molecular weight is 266 g/mol. The van der Waals surface area contributed by atoms with E-state index in [4.69, 9.17) is 4.74 Å². The van der Waals surface area contributed by atoms with Crippen molar-refractivity contribution < 1.29 is 13.9 Å². The van der Waals surface area contributed by atoms with Gasteiger partial charge >= 0.3 is 6.03 Å². The quantitative estimate of drug-likeness (QED) is 0.882. The predicted molar refractivity (Wildman–Crippen MR) is 72.0 cm³/mol. The second kappa shape index (κ2) is 6.41. The normalized spacial score (nSPS) is 15.9. The number of urea groups is 1. The van der Waals surface area contributed by atoms with E-state index < -0.39 is 5.82 Å². The maximum atomic E-state index is 13.5. The summed E-state index contributed by atoms with van der Waals surface area (Å²) in [6.07, 6.45) is 5.59. The van der Waals surface area contributed by atoms with Gasteiger partial charge in [-0.2, -0.15) is 0 Å². The number of rotatable bonds is 3. The molecule has 0 unspecified atom stereocenters. The van der Waals surface area contributed by atoms with Crippen LogP contribution in [-0.4, -0.2) is 19.2 Å². The van der Waals surface area contributed by atoms with Gasteiger partial charge in [0.15, 0.2) is 11.6 Å². The molecule has 1 fully saturated rings. The summed E-state index contributed by atoms with van der Waals surface area (Å²) in [4.78, 5) is 11.8. The molecule has 1 aromatic rings. The second-order valence-corrected chi connectivity index (χ2v) is 4.78. The predicted octanol–water partition coefficient (Wildman–Crippen LogP) is 3.29. The maximum Gasteiger partial charge on any atom is 0.319 e. The van der Waals surface area contributed by atoms with Gasteiger partial charge in [-0.15, -0.1) is 0 Å². The fraction of sp³-hybridized carbons (Fsp3) is 0.500. The molecule has 0 radical (unpaired) electrons. The third-order valence-corrected chi connectivity index (χ3v) is 3.35. The van der Waals surface area contributed by atoms with E-state index in [1.807, 2.05) is 0 Å². The molecule has 4 nitrogen and oxygen atoms in total. The molecule has 19 heavy (non-hydrogen) atoms. The number of methoxy groups -OCH3 is 1. The van der Waals surface area contributed by atoms with E-state index >= 15 is 0 Å². The van der Waals surface area contributed by atoms with Gasteiger partial charge in [-0.25, -0.2) is 9.18 Å². The number of carbonyl (C=O) groups excluding carboxylic acids is 1. The van der Waals surface area contributed by atoms with Gasteiger partial charge in [0.25, 0.3) is 0 Å². The van der Waals surface area contributed by atoms with Gasteiger partial charge in [-0.3, -0.25) is 0 Å². The summed E-state index contributed by atoms with van der Waals surface area (Å²) in [6, 6.07) is 4.31. The van der Waals surface area contributed by atoms with Crippen LogP contribution in [0, 0.1) is 5.82 Å². The van der Waals surface area contributed by atoms with Crippen molar-refractivity contribution in [2.75, 3.05) is 12.4 Å². The third-order valence-electron chi connectivity index (χ3n) is 3.35. The number of amides is 2. The maximum absolute atomic E-state index is 13.5. The van der Waals surface area contributed by atoms with E-state index in [1.54, 1.807) is 6.07 Å². The Bertz CT molecular complexity index is 445. The average Bonchev–Trinajstić information content (AvgIpc) is 2.40. The molecule has 0 saturated heterocycles. The molecule has 2 amide bonds. The number of anilines is 1. The van der Waals surface area contributed by atoms with Crippen molar-refractivity contribution in [2.45, 2.75) is 38.1 Å². The minimum absolute atomic E-state index is 0.165. The van der Waals surface area contributed by atoms with Gasteiger partial charge in [0.1, 0.15) is 0 Å². The highest BCUT2D eigenvalue weighted by atomic mass is 19.1. The standard InChI is InChI=1S/C14H19FN2O2/c1-19-13-8-7-11(9-12(13)15)17-14(18)16-10-5-3-2-4-6-10/h7-10H,2-6H2,1H3,(H2,16,17,18). The molecule has 0 aliphatic heterocycles. The Labute approximate surface area is 112 Å². The van der Waals surface area contributed by atoms with E-state index in [0.29, 0.717) is 5.69 Å². The largest absolute Gasteiger partial charge is 0.494 e. The molecule has 0 heterocycles. The van der Waals surface area contributed by atoms with Crippen LogP contribution in [0.4, 0.5) is 14.9 Å². The van der Waals surface area contributed by atoms with Crippen molar-refractivity contribution in [3.05, 3.63) is 24.0 Å². The summed E-state index contributed by atoms with van der Waals surface area (Å²) in [6.45, 7) is 0. The van der Waals surface area contributed by atoms with E-state index in [9.17, 15) is 9.18 Å². The molecule has 0 bridgehead atoms. The van der Waals surface area contributed by atoms with Crippen LogP contribution in [0.25, 0.3) is 0 Å². The number of carbonyl (C=O) groups is 1. The van der Waals surface area contributed by atoms with E-state index in [2.05, 4.69) is 10.6 Å². The number of halogens is 1. The molecule has 5 heteroatoms.